The van der Waals surface area contributed by atoms with E-state index in [0.29, 0.717) is 0 Å². The third kappa shape index (κ3) is 3.21. The van der Waals surface area contributed by atoms with Crippen LogP contribution in [0.4, 0.5) is 0 Å². The molecule has 17 heavy (non-hydrogen) atoms. The Balaban J connectivity index is 3.32. The van der Waals surface area contributed by atoms with Crippen molar-refractivity contribution in [3.63, 3.8) is 0 Å². The second-order valence-electron chi connectivity index (χ2n) is 3.17. The zero-order valence-corrected chi connectivity index (χ0v) is 11.1. The number of rotatable bonds is 4. The highest BCUT2D eigenvalue weighted by atomic mass is 35.5. The summed E-state index contributed by atoms with van der Waals surface area (Å²) in [5, 5.41) is 1.45. The van der Waals surface area contributed by atoms with E-state index in [1.807, 2.05) is 12.2 Å². The molecule has 1 N–H and O–H groups in total. The van der Waals surface area contributed by atoms with Gasteiger partial charge in [-0.2, -0.15) is 0 Å². The molecule has 0 bridgehead atoms. The first-order valence-corrected chi connectivity index (χ1v) is 6.70. The van der Waals surface area contributed by atoms with Gasteiger partial charge in [0.05, 0.1) is 4.90 Å². The first-order chi connectivity index (χ1) is 7.89. The molecular weight excluding hydrogens is 285 g/mol. The van der Waals surface area contributed by atoms with Crippen LogP contribution >= 0.6 is 23.2 Å². The normalized spacial score (nSPS) is 10.8. The Morgan fingerprint density at radius 1 is 1.24 bits per heavy atom. The minimum Gasteiger partial charge on any atom is -0.317 e. The van der Waals surface area contributed by atoms with Crippen molar-refractivity contribution in [2.75, 3.05) is 0 Å². The van der Waals surface area contributed by atoms with Crippen molar-refractivity contribution in [3.8, 4) is 0 Å². The molecule has 0 unspecified atom stereocenters. The van der Waals surface area contributed by atoms with Gasteiger partial charge in [-0.1, -0.05) is 40.9 Å². The van der Waals surface area contributed by atoms with Crippen LogP contribution < -0.4 is 5.32 Å². The van der Waals surface area contributed by atoms with E-state index in [2.05, 4.69) is 0 Å². The molecule has 1 aromatic carbocycles. The maximum Gasteiger partial charge on any atom is 0.224 e. The number of carbonyl (C=O) groups excluding carboxylic acids is 1. The SMILES string of the molecule is Cc1ccc(S(=O)(=O)C(NC=O)=C(Cl)Cl)cc1. The average molecular weight is 294 g/mol. The molecule has 1 amide bonds. The van der Waals surface area contributed by atoms with Crippen molar-refractivity contribution >= 4 is 39.4 Å². The highest BCUT2D eigenvalue weighted by Gasteiger charge is 2.23. The summed E-state index contributed by atoms with van der Waals surface area (Å²) < 4.78 is 23.5. The van der Waals surface area contributed by atoms with Crippen LogP contribution in [0.3, 0.4) is 0 Å². The lowest BCUT2D eigenvalue weighted by Crippen LogP contribution is -2.20. The fraction of sp³-hybridized carbons (Fsp3) is 0.100. The Morgan fingerprint density at radius 3 is 2.18 bits per heavy atom. The van der Waals surface area contributed by atoms with E-state index in [1.165, 1.54) is 12.1 Å². The van der Waals surface area contributed by atoms with Gasteiger partial charge in [-0.25, -0.2) is 8.42 Å². The lowest BCUT2D eigenvalue weighted by molar-refractivity contribution is -0.108. The molecule has 7 heteroatoms. The van der Waals surface area contributed by atoms with Crippen molar-refractivity contribution in [1.82, 2.24) is 5.32 Å². The molecular formula is C10H9Cl2NO3S. The van der Waals surface area contributed by atoms with E-state index in [-0.39, 0.29) is 11.3 Å². The van der Waals surface area contributed by atoms with E-state index < -0.39 is 19.4 Å². The van der Waals surface area contributed by atoms with Crippen LogP contribution in [0, 0.1) is 6.92 Å². The number of aryl methyl sites for hydroxylation is 1. The zero-order valence-electron chi connectivity index (χ0n) is 8.78. The maximum absolute atomic E-state index is 12.0. The van der Waals surface area contributed by atoms with E-state index in [1.54, 1.807) is 12.1 Å². The molecule has 1 rings (SSSR count). The fourth-order valence-corrected chi connectivity index (χ4v) is 2.98. The molecule has 1 aromatic rings. The number of carbonyl (C=O) groups is 1. The molecule has 0 saturated carbocycles. The molecule has 4 nitrogen and oxygen atoms in total. The summed E-state index contributed by atoms with van der Waals surface area (Å²) in [4.78, 5) is 10.3. The molecule has 0 aliphatic carbocycles. The third-order valence-electron chi connectivity index (χ3n) is 1.96. The third-order valence-corrected chi connectivity index (χ3v) is 4.32. The van der Waals surface area contributed by atoms with Crippen LogP contribution in [-0.4, -0.2) is 14.8 Å². The molecule has 0 saturated heterocycles. The van der Waals surface area contributed by atoms with Gasteiger partial charge in [0, 0.05) is 0 Å². The Morgan fingerprint density at radius 2 is 1.76 bits per heavy atom. The highest BCUT2D eigenvalue weighted by Crippen LogP contribution is 2.23. The largest absolute Gasteiger partial charge is 0.317 e. The van der Waals surface area contributed by atoms with E-state index in [4.69, 9.17) is 23.2 Å². The van der Waals surface area contributed by atoms with Gasteiger partial charge in [-0.3, -0.25) is 4.79 Å². The smallest absolute Gasteiger partial charge is 0.224 e. The molecule has 0 aliphatic rings. The molecule has 0 radical (unpaired) electrons. The van der Waals surface area contributed by atoms with Gasteiger partial charge < -0.3 is 5.32 Å². The lowest BCUT2D eigenvalue weighted by atomic mass is 10.2. The molecule has 0 atom stereocenters. The number of sulfone groups is 1. The first kappa shape index (κ1) is 14.0. The Bertz CT molecular complexity index is 545. The van der Waals surface area contributed by atoms with Crippen molar-refractivity contribution in [2.24, 2.45) is 0 Å². The monoisotopic (exact) mass is 293 g/mol. The van der Waals surface area contributed by atoms with E-state index in [0.717, 1.165) is 5.56 Å². The van der Waals surface area contributed by atoms with Gasteiger partial charge in [-0.15, -0.1) is 0 Å². The highest BCUT2D eigenvalue weighted by molar-refractivity contribution is 7.95. The number of nitrogens with one attached hydrogen (secondary N) is 1. The van der Waals surface area contributed by atoms with Crippen LogP contribution in [0.15, 0.2) is 38.7 Å². The quantitative estimate of drug-likeness (QED) is 0.865. The minimum absolute atomic E-state index is 0.00579. The topological polar surface area (TPSA) is 63.2 Å². The summed E-state index contributed by atoms with van der Waals surface area (Å²) >= 11 is 10.9. The number of hydrogen-bond donors (Lipinski definition) is 1. The van der Waals surface area contributed by atoms with Crippen LogP contribution in [-0.2, 0) is 14.6 Å². The maximum atomic E-state index is 12.0. The van der Waals surface area contributed by atoms with Crippen molar-refractivity contribution in [3.05, 3.63) is 39.3 Å². The molecule has 0 aromatic heterocycles. The second kappa shape index (κ2) is 5.53. The standard InChI is InChI=1S/C10H9Cl2NO3S/c1-7-2-4-8(5-3-7)17(15,16)10(9(11)12)13-6-14/h2-6H,1H3,(H,13,14). The van der Waals surface area contributed by atoms with E-state index in [9.17, 15) is 13.2 Å². The Labute approximate surface area is 109 Å². The van der Waals surface area contributed by atoms with Crippen LogP contribution in [0.25, 0.3) is 0 Å². The fourth-order valence-electron chi connectivity index (χ4n) is 1.12. The lowest BCUT2D eigenvalue weighted by Gasteiger charge is -2.08. The molecule has 0 aliphatic heterocycles. The summed E-state index contributed by atoms with van der Waals surface area (Å²) in [5.74, 6) is 0. The zero-order chi connectivity index (χ0) is 13.1. The van der Waals surface area contributed by atoms with Crippen molar-refractivity contribution < 1.29 is 13.2 Å². The van der Waals surface area contributed by atoms with E-state index >= 15 is 0 Å². The molecule has 0 heterocycles. The summed E-state index contributed by atoms with van der Waals surface area (Å²) in [6.45, 7) is 1.82. The predicted octanol–water partition coefficient (Wildman–Crippen LogP) is 2.12. The Kier molecular flexibility index (Phi) is 4.56. The summed E-state index contributed by atoms with van der Waals surface area (Å²) in [6.07, 6.45) is 0.200. The molecule has 0 fully saturated rings. The first-order valence-electron chi connectivity index (χ1n) is 4.47. The minimum atomic E-state index is -3.91. The summed E-state index contributed by atoms with van der Waals surface area (Å²) in [5.41, 5.74) is 0.912. The summed E-state index contributed by atoms with van der Waals surface area (Å²) in [6, 6.07) is 6.09. The number of halogens is 2. The van der Waals surface area contributed by atoms with Gasteiger partial charge >= 0.3 is 0 Å². The van der Waals surface area contributed by atoms with Crippen LogP contribution in [0.1, 0.15) is 5.56 Å². The van der Waals surface area contributed by atoms with Crippen LogP contribution in [0.2, 0.25) is 0 Å². The van der Waals surface area contributed by atoms with Crippen molar-refractivity contribution in [1.29, 1.82) is 0 Å². The Hall–Kier alpha value is -1.04. The molecule has 92 valence electrons. The number of amides is 1. The molecule has 0 spiro atoms. The van der Waals surface area contributed by atoms with Gasteiger partial charge in [0.15, 0.2) is 5.03 Å². The van der Waals surface area contributed by atoms with Gasteiger partial charge in [0.1, 0.15) is 4.49 Å². The second-order valence-corrected chi connectivity index (χ2v) is 6.00. The van der Waals surface area contributed by atoms with Crippen molar-refractivity contribution in [2.45, 2.75) is 11.8 Å². The van der Waals surface area contributed by atoms with Gasteiger partial charge in [0.2, 0.25) is 16.2 Å². The van der Waals surface area contributed by atoms with Gasteiger partial charge in [-0.05, 0) is 19.1 Å². The van der Waals surface area contributed by atoms with Crippen LogP contribution in [0.5, 0.6) is 0 Å². The average Bonchev–Trinajstić information content (AvgIpc) is 2.25. The summed E-state index contributed by atoms with van der Waals surface area (Å²) in [7, 11) is -3.91. The number of benzene rings is 1. The number of hydrogen-bond acceptors (Lipinski definition) is 3. The predicted molar refractivity (Wildman–Crippen MR) is 66.3 cm³/mol. The van der Waals surface area contributed by atoms with Gasteiger partial charge in [0.25, 0.3) is 0 Å².